The summed E-state index contributed by atoms with van der Waals surface area (Å²) in [6.45, 7) is 2.10. The maximum Gasteiger partial charge on any atom is 0.233 e. The first-order chi connectivity index (χ1) is 10.8. The summed E-state index contributed by atoms with van der Waals surface area (Å²) in [5.74, 6) is 1.50. The standard InChI is InChI=1S/C16H22N2O3S/c19-15(12-22-11-13-4-3-6-17-10-13)18-7-2-1-5-14(18)16-20-8-9-21-16/h3-4,6,10,14,16H,1-2,5,7-9,11-12H2. The molecule has 2 fully saturated rings. The van der Waals surface area contributed by atoms with Crippen molar-refractivity contribution in [3.05, 3.63) is 30.1 Å². The lowest BCUT2D eigenvalue weighted by atomic mass is 10.0. The summed E-state index contributed by atoms with van der Waals surface area (Å²) in [4.78, 5) is 18.6. The van der Waals surface area contributed by atoms with Crippen molar-refractivity contribution >= 4 is 17.7 Å². The van der Waals surface area contributed by atoms with E-state index in [0.717, 1.165) is 37.1 Å². The third kappa shape index (κ3) is 4.00. The zero-order chi connectivity index (χ0) is 15.2. The highest BCUT2D eigenvalue weighted by molar-refractivity contribution is 7.99. The molecule has 0 saturated carbocycles. The molecular weight excluding hydrogens is 300 g/mol. The van der Waals surface area contributed by atoms with Gasteiger partial charge in [-0.3, -0.25) is 9.78 Å². The number of likely N-dealkylation sites (tertiary alicyclic amines) is 1. The summed E-state index contributed by atoms with van der Waals surface area (Å²) in [6.07, 6.45) is 6.57. The molecule has 2 aliphatic heterocycles. The molecule has 1 amide bonds. The molecule has 0 N–H and O–H groups in total. The van der Waals surface area contributed by atoms with Crippen LogP contribution in [0.4, 0.5) is 0 Å². The number of ether oxygens (including phenoxy) is 2. The van der Waals surface area contributed by atoms with Crippen molar-refractivity contribution in [1.29, 1.82) is 0 Å². The molecule has 3 rings (SSSR count). The van der Waals surface area contributed by atoms with E-state index in [9.17, 15) is 4.79 Å². The van der Waals surface area contributed by atoms with Crippen LogP contribution < -0.4 is 0 Å². The first kappa shape index (κ1) is 15.8. The summed E-state index contributed by atoms with van der Waals surface area (Å²) in [7, 11) is 0. The van der Waals surface area contributed by atoms with Crippen molar-refractivity contribution in [1.82, 2.24) is 9.88 Å². The fourth-order valence-electron chi connectivity index (χ4n) is 2.97. The van der Waals surface area contributed by atoms with Gasteiger partial charge in [-0.05, 0) is 30.9 Å². The second-order valence-electron chi connectivity index (χ2n) is 5.61. The van der Waals surface area contributed by atoms with E-state index in [1.54, 1.807) is 18.0 Å². The zero-order valence-corrected chi connectivity index (χ0v) is 13.5. The molecule has 1 atom stereocenters. The molecule has 3 heterocycles. The van der Waals surface area contributed by atoms with Gasteiger partial charge in [0.05, 0.1) is 25.0 Å². The van der Waals surface area contributed by atoms with Crippen LogP contribution in [0.3, 0.4) is 0 Å². The maximum absolute atomic E-state index is 12.5. The molecule has 2 saturated heterocycles. The minimum Gasteiger partial charge on any atom is -0.348 e. The first-order valence-electron chi connectivity index (χ1n) is 7.84. The van der Waals surface area contributed by atoms with E-state index in [4.69, 9.17) is 9.47 Å². The Kier molecular flexibility index (Phi) is 5.70. The molecule has 1 unspecified atom stereocenters. The quantitative estimate of drug-likeness (QED) is 0.831. The molecule has 22 heavy (non-hydrogen) atoms. The van der Waals surface area contributed by atoms with Crippen LogP contribution in [0.25, 0.3) is 0 Å². The van der Waals surface area contributed by atoms with Crippen LogP contribution in [0.1, 0.15) is 24.8 Å². The predicted octanol–water partition coefficient (Wildman–Crippen LogP) is 2.07. The summed E-state index contributed by atoms with van der Waals surface area (Å²) in [5, 5.41) is 0. The number of carbonyl (C=O) groups is 1. The van der Waals surface area contributed by atoms with Crippen LogP contribution in [0.15, 0.2) is 24.5 Å². The van der Waals surface area contributed by atoms with Gasteiger partial charge in [0.1, 0.15) is 0 Å². The first-order valence-corrected chi connectivity index (χ1v) is 8.99. The van der Waals surface area contributed by atoms with E-state index in [0.29, 0.717) is 19.0 Å². The van der Waals surface area contributed by atoms with Gasteiger partial charge in [-0.1, -0.05) is 6.07 Å². The van der Waals surface area contributed by atoms with E-state index in [2.05, 4.69) is 4.98 Å². The molecular formula is C16H22N2O3S. The number of nitrogens with zero attached hydrogens (tertiary/aromatic N) is 2. The minimum atomic E-state index is -0.229. The third-order valence-corrected chi connectivity index (χ3v) is 5.04. The van der Waals surface area contributed by atoms with Crippen LogP contribution in [0.2, 0.25) is 0 Å². The van der Waals surface area contributed by atoms with Gasteiger partial charge in [-0.2, -0.15) is 0 Å². The molecule has 0 spiro atoms. The maximum atomic E-state index is 12.5. The van der Waals surface area contributed by atoms with E-state index in [-0.39, 0.29) is 18.2 Å². The van der Waals surface area contributed by atoms with Crippen molar-refractivity contribution < 1.29 is 14.3 Å². The number of hydrogen-bond donors (Lipinski definition) is 0. The lowest BCUT2D eigenvalue weighted by Crippen LogP contribution is -2.50. The smallest absolute Gasteiger partial charge is 0.233 e. The number of amides is 1. The fraction of sp³-hybridized carbons (Fsp3) is 0.625. The Morgan fingerprint density at radius 1 is 1.36 bits per heavy atom. The Bertz CT molecular complexity index is 480. The number of aromatic nitrogens is 1. The van der Waals surface area contributed by atoms with Crippen LogP contribution in [0, 0.1) is 0 Å². The van der Waals surface area contributed by atoms with Crippen molar-refractivity contribution in [3.63, 3.8) is 0 Å². The molecule has 0 aliphatic carbocycles. The Morgan fingerprint density at radius 2 is 2.23 bits per heavy atom. The SMILES string of the molecule is O=C(CSCc1cccnc1)N1CCCCC1C1OCCO1. The monoisotopic (exact) mass is 322 g/mol. The molecule has 5 nitrogen and oxygen atoms in total. The summed E-state index contributed by atoms with van der Waals surface area (Å²) >= 11 is 1.64. The summed E-state index contributed by atoms with van der Waals surface area (Å²) < 4.78 is 11.2. The van der Waals surface area contributed by atoms with Gasteiger partial charge >= 0.3 is 0 Å². The second-order valence-corrected chi connectivity index (χ2v) is 6.60. The molecule has 6 heteroatoms. The Labute approximate surface area is 135 Å². The largest absolute Gasteiger partial charge is 0.348 e. The normalized spacial score (nSPS) is 22.9. The topological polar surface area (TPSA) is 51.7 Å². The van der Waals surface area contributed by atoms with Gasteiger partial charge < -0.3 is 14.4 Å². The number of rotatable bonds is 5. The van der Waals surface area contributed by atoms with Gasteiger partial charge in [-0.25, -0.2) is 0 Å². The number of hydrogen-bond acceptors (Lipinski definition) is 5. The molecule has 120 valence electrons. The Balaban J connectivity index is 1.51. The lowest BCUT2D eigenvalue weighted by Gasteiger charge is -2.38. The molecule has 0 bridgehead atoms. The fourth-order valence-corrected chi connectivity index (χ4v) is 3.82. The average molecular weight is 322 g/mol. The third-order valence-electron chi connectivity index (χ3n) is 4.05. The minimum absolute atomic E-state index is 0.0859. The highest BCUT2D eigenvalue weighted by Gasteiger charge is 2.35. The molecule has 0 radical (unpaired) electrons. The molecule has 1 aromatic heterocycles. The van der Waals surface area contributed by atoms with Crippen molar-refractivity contribution in [2.24, 2.45) is 0 Å². The molecule has 0 aromatic carbocycles. The van der Waals surface area contributed by atoms with E-state index < -0.39 is 0 Å². The highest BCUT2D eigenvalue weighted by Crippen LogP contribution is 2.25. The van der Waals surface area contributed by atoms with E-state index >= 15 is 0 Å². The predicted molar refractivity (Wildman–Crippen MR) is 85.4 cm³/mol. The van der Waals surface area contributed by atoms with Crippen molar-refractivity contribution in [2.75, 3.05) is 25.5 Å². The Morgan fingerprint density at radius 3 is 3.00 bits per heavy atom. The highest BCUT2D eigenvalue weighted by atomic mass is 32.2. The van der Waals surface area contributed by atoms with Gasteiger partial charge in [0.2, 0.25) is 5.91 Å². The average Bonchev–Trinajstić information content (AvgIpc) is 3.10. The van der Waals surface area contributed by atoms with Crippen LogP contribution in [-0.2, 0) is 20.0 Å². The van der Waals surface area contributed by atoms with Gasteiger partial charge in [0, 0.05) is 24.7 Å². The number of thioether (sulfide) groups is 1. The number of pyridine rings is 1. The number of carbonyl (C=O) groups excluding carboxylic acids is 1. The zero-order valence-electron chi connectivity index (χ0n) is 12.6. The second kappa shape index (κ2) is 7.94. The van der Waals surface area contributed by atoms with Gasteiger partial charge in [0.15, 0.2) is 6.29 Å². The van der Waals surface area contributed by atoms with Crippen molar-refractivity contribution in [2.45, 2.75) is 37.3 Å². The molecule has 2 aliphatic rings. The number of piperidine rings is 1. The van der Waals surface area contributed by atoms with Crippen LogP contribution in [0.5, 0.6) is 0 Å². The van der Waals surface area contributed by atoms with Crippen LogP contribution >= 0.6 is 11.8 Å². The van der Waals surface area contributed by atoms with Crippen LogP contribution in [-0.4, -0.2) is 53.6 Å². The summed E-state index contributed by atoms with van der Waals surface area (Å²) in [6, 6.07) is 4.05. The Hall–Kier alpha value is -1.11. The van der Waals surface area contributed by atoms with Gasteiger partial charge in [-0.15, -0.1) is 11.8 Å². The van der Waals surface area contributed by atoms with Crippen molar-refractivity contribution in [3.8, 4) is 0 Å². The van der Waals surface area contributed by atoms with E-state index in [1.165, 1.54) is 0 Å². The van der Waals surface area contributed by atoms with Gasteiger partial charge in [0.25, 0.3) is 0 Å². The van der Waals surface area contributed by atoms with E-state index in [1.807, 2.05) is 23.2 Å². The summed E-state index contributed by atoms with van der Waals surface area (Å²) in [5.41, 5.74) is 1.15. The lowest BCUT2D eigenvalue weighted by molar-refractivity contribution is -0.148. The molecule has 1 aromatic rings.